The number of hydrogen-bond acceptors (Lipinski definition) is 3. The molecule has 0 radical (unpaired) electrons. The van der Waals surface area contributed by atoms with Gasteiger partial charge in [0.1, 0.15) is 0 Å². The zero-order chi connectivity index (χ0) is 12.4. The van der Waals surface area contributed by atoms with Crippen LogP contribution < -0.4 is 0 Å². The van der Waals surface area contributed by atoms with E-state index in [1.165, 1.54) is 6.20 Å². The van der Waals surface area contributed by atoms with Gasteiger partial charge in [0, 0.05) is 17.7 Å². The molecule has 18 heavy (non-hydrogen) atoms. The van der Waals surface area contributed by atoms with Gasteiger partial charge >= 0.3 is 0 Å². The minimum absolute atomic E-state index is 0.0680. The molecule has 0 spiro atoms. The van der Waals surface area contributed by atoms with Crippen LogP contribution in [0.5, 0.6) is 0 Å². The van der Waals surface area contributed by atoms with Crippen molar-refractivity contribution in [2.45, 2.75) is 25.6 Å². The Hall–Kier alpha value is -1.26. The van der Waals surface area contributed by atoms with Gasteiger partial charge in [0.2, 0.25) is 5.95 Å². The third-order valence-corrected chi connectivity index (χ3v) is 3.59. The van der Waals surface area contributed by atoms with Crippen molar-refractivity contribution in [3.05, 3.63) is 35.9 Å². The lowest BCUT2D eigenvalue weighted by Crippen LogP contribution is -2.23. The Morgan fingerprint density at radius 3 is 2.78 bits per heavy atom. The Balaban J connectivity index is 1.72. The molecule has 1 unspecified atom stereocenters. The Labute approximate surface area is 106 Å². The monoisotopic (exact) mass is 249 g/mol. The molecule has 1 aliphatic heterocycles. The number of pyridine rings is 1. The van der Waals surface area contributed by atoms with Crippen molar-refractivity contribution < 1.29 is 13.9 Å². The van der Waals surface area contributed by atoms with Gasteiger partial charge in [0.15, 0.2) is 6.29 Å². The SMILES string of the molecule is Fc1ncccc1C1=CCC(C2OCCO2)CC1. The fourth-order valence-corrected chi connectivity index (χ4v) is 2.62. The van der Waals surface area contributed by atoms with Gasteiger partial charge in [-0.3, -0.25) is 0 Å². The lowest BCUT2D eigenvalue weighted by Gasteiger charge is -2.25. The van der Waals surface area contributed by atoms with Crippen LogP contribution in [0.1, 0.15) is 24.8 Å². The maximum absolute atomic E-state index is 13.6. The smallest absolute Gasteiger partial charge is 0.220 e. The average Bonchev–Trinajstić information content (AvgIpc) is 2.94. The van der Waals surface area contributed by atoms with Crippen molar-refractivity contribution >= 4 is 5.57 Å². The second-order valence-electron chi connectivity index (χ2n) is 4.72. The lowest BCUT2D eigenvalue weighted by molar-refractivity contribution is -0.0849. The zero-order valence-corrected chi connectivity index (χ0v) is 10.1. The highest BCUT2D eigenvalue weighted by Crippen LogP contribution is 2.34. The third-order valence-electron chi connectivity index (χ3n) is 3.59. The number of allylic oxidation sites excluding steroid dienone is 2. The van der Waals surface area contributed by atoms with Crippen LogP contribution in [0.2, 0.25) is 0 Å². The molecule has 0 aromatic carbocycles. The molecule has 1 atom stereocenters. The van der Waals surface area contributed by atoms with Crippen LogP contribution in [0.4, 0.5) is 4.39 Å². The molecule has 2 heterocycles. The van der Waals surface area contributed by atoms with Crippen molar-refractivity contribution in [2.75, 3.05) is 13.2 Å². The molecule has 2 aliphatic rings. The highest BCUT2D eigenvalue weighted by molar-refractivity contribution is 5.65. The van der Waals surface area contributed by atoms with Gasteiger partial charge < -0.3 is 9.47 Å². The molecule has 96 valence electrons. The van der Waals surface area contributed by atoms with Crippen LogP contribution in [0.25, 0.3) is 5.57 Å². The summed E-state index contributed by atoms with van der Waals surface area (Å²) in [6.45, 7) is 1.38. The lowest BCUT2D eigenvalue weighted by atomic mass is 9.86. The first-order chi connectivity index (χ1) is 8.84. The van der Waals surface area contributed by atoms with Gasteiger partial charge in [-0.1, -0.05) is 6.08 Å². The van der Waals surface area contributed by atoms with Crippen molar-refractivity contribution in [3.8, 4) is 0 Å². The van der Waals surface area contributed by atoms with E-state index in [1.54, 1.807) is 12.1 Å². The van der Waals surface area contributed by atoms with E-state index < -0.39 is 0 Å². The molecular formula is C14H16FNO2. The summed E-state index contributed by atoms with van der Waals surface area (Å²) in [4.78, 5) is 3.69. The maximum Gasteiger partial charge on any atom is 0.220 e. The molecule has 1 aromatic heterocycles. The summed E-state index contributed by atoms with van der Waals surface area (Å²) in [6, 6.07) is 3.56. The second-order valence-corrected chi connectivity index (χ2v) is 4.72. The van der Waals surface area contributed by atoms with E-state index in [-0.39, 0.29) is 12.2 Å². The van der Waals surface area contributed by atoms with E-state index >= 15 is 0 Å². The predicted octanol–water partition coefficient (Wildman–Crippen LogP) is 2.78. The van der Waals surface area contributed by atoms with E-state index in [0.717, 1.165) is 24.8 Å². The van der Waals surface area contributed by atoms with E-state index in [9.17, 15) is 4.39 Å². The molecule has 3 rings (SSSR count). The van der Waals surface area contributed by atoms with Gasteiger partial charge in [-0.05, 0) is 37.0 Å². The van der Waals surface area contributed by atoms with Crippen molar-refractivity contribution in [3.63, 3.8) is 0 Å². The largest absolute Gasteiger partial charge is 0.350 e. The van der Waals surface area contributed by atoms with Crippen molar-refractivity contribution in [1.29, 1.82) is 0 Å². The molecule has 0 saturated carbocycles. The first kappa shape index (κ1) is 11.8. The summed E-state index contributed by atoms with van der Waals surface area (Å²) in [6.07, 6.45) is 6.22. The standard InChI is InChI=1S/C14H16FNO2/c15-13-12(2-1-7-16-13)10-3-5-11(6-4-10)14-17-8-9-18-14/h1-3,7,11,14H,4-6,8-9H2. The summed E-state index contributed by atoms with van der Waals surface area (Å²) < 4.78 is 24.6. The molecule has 4 heteroatoms. The predicted molar refractivity (Wildman–Crippen MR) is 65.2 cm³/mol. The molecule has 1 saturated heterocycles. The third kappa shape index (κ3) is 2.31. The second kappa shape index (κ2) is 5.16. The van der Waals surface area contributed by atoms with E-state index in [1.807, 2.05) is 0 Å². The quantitative estimate of drug-likeness (QED) is 0.755. The highest BCUT2D eigenvalue weighted by Gasteiger charge is 2.28. The Morgan fingerprint density at radius 2 is 2.11 bits per heavy atom. The Kier molecular flexibility index (Phi) is 3.39. The summed E-state index contributed by atoms with van der Waals surface area (Å²) in [5.74, 6) is 0.0200. The number of ether oxygens (including phenoxy) is 2. The molecule has 0 N–H and O–H groups in total. The highest BCUT2D eigenvalue weighted by atomic mass is 19.1. The van der Waals surface area contributed by atoms with Crippen LogP contribution in [0.15, 0.2) is 24.4 Å². The van der Waals surface area contributed by atoms with E-state index in [2.05, 4.69) is 11.1 Å². The fourth-order valence-electron chi connectivity index (χ4n) is 2.62. The first-order valence-corrected chi connectivity index (χ1v) is 6.38. The van der Waals surface area contributed by atoms with Crippen LogP contribution >= 0.6 is 0 Å². The van der Waals surface area contributed by atoms with Crippen molar-refractivity contribution in [1.82, 2.24) is 4.98 Å². The number of aromatic nitrogens is 1. The average molecular weight is 249 g/mol. The van der Waals surface area contributed by atoms with Crippen LogP contribution in [0.3, 0.4) is 0 Å². The molecule has 1 aromatic rings. The van der Waals surface area contributed by atoms with Crippen molar-refractivity contribution in [2.24, 2.45) is 5.92 Å². The molecule has 0 amide bonds. The van der Waals surface area contributed by atoms with Gasteiger partial charge in [-0.2, -0.15) is 4.39 Å². The topological polar surface area (TPSA) is 31.4 Å². The number of halogens is 1. The first-order valence-electron chi connectivity index (χ1n) is 6.38. The van der Waals surface area contributed by atoms with Crippen LogP contribution in [-0.4, -0.2) is 24.5 Å². The zero-order valence-electron chi connectivity index (χ0n) is 10.1. The van der Waals surface area contributed by atoms with Crippen LogP contribution in [-0.2, 0) is 9.47 Å². The van der Waals surface area contributed by atoms with Gasteiger partial charge in [-0.25, -0.2) is 4.98 Å². The molecule has 1 aliphatic carbocycles. The minimum Gasteiger partial charge on any atom is -0.350 e. The minimum atomic E-state index is -0.379. The Morgan fingerprint density at radius 1 is 1.28 bits per heavy atom. The normalized spacial score (nSPS) is 25.2. The van der Waals surface area contributed by atoms with E-state index in [0.29, 0.717) is 24.7 Å². The molecule has 3 nitrogen and oxygen atoms in total. The summed E-state index contributed by atoms with van der Waals surface area (Å²) in [5.41, 5.74) is 1.68. The summed E-state index contributed by atoms with van der Waals surface area (Å²) >= 11 is 0. The molecule has 0 bridgehead atoms. The number of nitrogens with zero attached hydrogens (tertiary/aromatic N) is 1. The fraction of sp³-hybridized carbons (Fsp3) is 0.500. The van der Waals surface area contributed by atoms with E-state index in [4.69, 9.17) is 9.47 Å². The molecular weight excluding hydrogens is 233 g/mol. The number of hydrogen-bond donors (Lipinski definition) is 0. The maximum atomic E-state index is 13.6. The Bertz CT molecular complexity index is 455. The van der Waals surface area contributed by atoms with Gasteiger partial charge in [0.25, 0.3) is 0 Å². The van der Waals surface area contributed by atoms with Crippen LogP contribution in [0, 0.1) is 11.9 Å². The van der Waals surface area contributed by atoms with Gasteiger partial charge in [-0.15, -0.1) is 0 Å². The molecule has 1 fully saturated rings. The summed E-state index contributed by atoms with van der Waals surface area (Å²) in [5, 5.41) is 0. The number of rotatable bonds is 2. The summed E-state index contributed by atoms with van der Waals surface area (Å²) in [7, 11) is 0. The van der Waals surface area contributed by atoms with Gasteiger partial charge in [0.05, 0.1) is 13.2 Å².